The molecule has 2 aromatic rings. The molecule has 1 saturated carbocycles. The van der Waals surface area contributed by atoms with Crippen LogP contribution in [0.5, 0.6) is 0 Å². The Kier molecular flexibility index (Phi) is 5.25. The Morgan fingerprint density at radius 2 is 2.17 bits per heavy atom. The van der Waals surface area contributed by atoms with E-state index in [1.165, 1.54) is 6.33 Å². The molecule has 1 amide bonds. The van der Waals surface area contributed by atoms with E-state index in [9.17, 15) is 18.0 Å². The van der Waals surface area contributed by atoms with E-state index in [0.717, 1.165) is 55.0 Å². The number of alkyl halides is 3. The van der Waals surface area contributed by atoms with E-state index < -0.39 is 12.1 Å². The summed E-state index contributed by atoms with van der Waals surface area (Å²) < 4.78 is 42.5. The van der Waals surface area contributed by atoms with Gasteiger partial charge in [0.15, 0.2) is 0 Å². The lowest BCUT2D eigenvalue weighted by Gasteiger charge is -2.40. The van der Waals surface area contributed by atoms with Gasteiger partial charge >= 0.3 is 12.1 Å². The van der Waals surface area contributed by atoms with Gasteiger partial charge in [-0.1, -0.05) is 19.8 Å². The van der Waals surface area contributed by atoms with E-state index in [1.807, 2.05) is 12.2 Å². The van der Waals surface area contributed by atoms with Crippen LogP contribution in [-0.4, -0.2) is 34.0 Å². The molecule has 2 aliphatic rings. The molecule has 1 aromatic heterocycles. The number of fused-ring (bicyclic) bond motifs is 3. The van der Waals surface area contributed by atoms with Crippen LogP contribution in [0.25, 0.3) is 0 Å². The zero-order valence-electron chi connectivity index (χ0n) is 16.5. The van der Waals surface area contributed by atoms with Crippen LogP contribution in [0.4, 0.5) is 35.4 Å². The van der Waals surface area contributed by atoms with Crippen LogP contribution in [-0.2, 0) is 10.2 Å². The molecule has 1 aliphatic heterocycles. The van der Waals surface area contributed by atoms with Crippen molar-refractivity contribution in [2.24, 2.45) is 10.2 Å². The van der Waals surface area contributed by atoms with Crippen molar-refractivity contribution in [3.63, 3.8) is 0 Å². The quantitative estimate of drug-likeness (QED) is 0.640. The van der Waals surface area contributed by atoms with Crippen molar-refractivity contribution >= 4 is 39.6 Å². The fraction of sp³-hybridized carbons (Fsp3) is 0.526. The number of nitrogens with one attached hydrogen (secondary N) is 1. The summed E-state index contributed by atoms with van der Waals surface area (Å²) in [5.74, 6) is -2.04. The second kappa shape index (κ2) is 7.60. The van der Waals surface area contributed by atoms with Crippen molar-refractivity contribution in [3.8, 4) is 0 Å². The molecule has 0 bridgehead atoms. The van der Waals surface area contributed by atoms with Crippen LogP contribution >= 0.6 is 11.5 Å². The predicted molar refractivity (Wildman–Crippen MR) is 108 cm³/mol. The van der Waals surface area contributed by atoms with Crippen molar-refractivity contribution in [2.45, 2.75) is 57.2 Å². The summed E-state index contributed by atoms with van der Waals surface area (Å²) in [7, 11) is 0. The van der Waals surface area contributed by atoms with Crippen LogP contribution in [0.1, 0.15) is 45.1 Å². The van der Waals surface area contributed by atoms with Gasteiger partial charge in [0.05, 0.1) is 5.69 Å². The number of halogens is 3. The average Bonchev–Trinajstić information content (AvgIpc) is 3.29. The van der Waals surface area contributed by atoms with Gasteiger partial charge in [0.1, 0.15) is 12.0 Å². The molecule has 0 radical (unpaired) electrons. The molecule has 0 spiro atoms. The lowest BCUT2D eigenvalue weighted by atomic mass is 9.69. The molecule has 7 nitrogen and oxygen atoms in total. The Labute approximate surface area is 175 Å². The molecule has 0 saturated heterocycles. The van der Waals surface area contributed by atoms with Gasteiger partial charge in [-0.25, -0.2) is 4.98 Å². The van der Waals surface area contributed by atoms with Gasteiger partial charge in [0.2, 0.25) is 5.13 Å². The molecule has 160 valence electrons. The van der Waals surface area contributed by atoms with Gasteiger partial charge in [-0.15, -0.1) is 10.2 Å². The largest absolute Gasteiger partial charge is 0.471 e. The first kappa shape index (κ1) is 20.7. The third-order valence-corrected chi connectivity index (χ3v) is 6.56. The molecule has 4 rings (SSSR count). The fourth-order valence-electron chi connectivity index (χ4n) is 4.64. The number of likely N-dealkylation sites (N-methyl/N-ethyl adjacent to an activating group) is 1. The first-order valence-electron chi connectivity index (χ1n) is 9.76. The zero-order chi connectivity index (χ0) is 21.5. The second-order valence-electron chi connectivity index (χ2n) is 7.73. The average molecular weight is 438 g/mol. The summed E-state index contributed by atoms with van der Waals surface area (Å²) in [6.07, 6.45) is 0.537. The van der Waals surface area contributed by atoms with E-state index >= 15 is 0 Å². The summed E-state index contributed by atoms with van der Waals surface area (Å²) in [4.78, 5) is 17.8. The van der Waals surface area contributed by atoms with Crippen molar-refractivity contribution in [1.82, 2.24) is 9.36 Å². The molecule has 2 atom stereocenters. The molecular weight excluding hydrogens is 417 g/mol. The highest BCUT2D eigenvalue weighted by molar-refractivity contribution is 7.09. The Morgan fingerprint density at radius 3 is 2.83 bits per heavy atom. The van der Waals surface area contributed by atoms with E-state index in [4.69, 9.17) is 0 Å². The van der Waals surface area contributed by atoms with Gasteiger partial charge in [0, 0.05) is 35.2 Å². The molecule has 1 aliphatic carbocycles. The molecule has 30 heavy (non-hydrogen) atoms. The maximum Gasteiger partial charge on any atom is 0.471 e. The topological polar surface area (TPSA) is 82.8 Å². The Bertz CT molecular complexity index is 977. The smallest absolute Gasteiger partial charge is 0.368 e. The minimum atomic E-state index is -5.00. The number of rotatable bonds is 4. The molecule has 11 heteroatoms. The number of nitrogens with zero attached hydrogens (tertiary/aromatic N) is 5. The minimum absolute atomic E-state index is 0.0231. The predicted octanol–water partition coefficient (Wildman–Crippen LogP) is 5.49. The highest BCUT2D eigenvalue weighted by Crippen LogP contribution is 2.54. The molecule has 1 N–H and O–H groups in total. The SMILES string of the molecule is CCN1c2cc(NC(=O)C(F)(F)F)c(N=Nc3ncns3)cc2C2(C)CCCCC12. The second-order valence-corrected chi connectivity index (χ2v) is 8.49. The summed E-state index contributed by atoms with van der Waals surface area (Å²) in [6, 6.07) is 3.63. The van der Waals surface area contributed by atoms with Crippen molar-refractivity contribution in [1.29, 1.82) is 0 Å². The van der Waals surface area contributed by atoms with Gasteiger partial charge in [-0.3, -0.25) is 4.79 Å². The normalized spacial score (nSPS) is 23.5. The highest BCUT2D eigenvalue weighted by Gasteiger charge is 2.49. The van der Waals surface area contributed by atoms with E-state index in [0.29, 0.717) is 0 Å². The van der Waals surface area contributed by atoms with Crippen molar-refractivity contribution in [2.75, 3.05) is 16.8 Å². The van der Waals surface area contributed by atoms with Gasteiger partial charge < -0.3 is 10.2 Å². The van der Waals surface area contributed by atoms with E-state index in [2.05, 4.69) is 31.4 Å². The van der Waals surface area contributed by atoms with Crippen molar-refractivity contribution in [3.05, 3.63) is 24.0 Å². The number of amides is 1. The monoisotopic (exact) mass is 438 g/mol. The Balaban J connectivity index is 1.82. The summed E-state index contributed by atoms with van der Waals surface area (Å²) in [5.41, 5.74) is 1.91. The van der Waals surface area contributed by atoms with Crippen LogP contribution in [0.15, 0.2) is 28.7 Å². The van der Waals surface area contributed by atoms with Crippen molar-refractivity contribution < 1.29 is 18.0 Å². The van der Waals surface area contributed by atoms with Crippen LogP contribution in [0.2, 0.25) is 0 Å². The number of carbonyl (C=O) groups is 1. The number of anilines is 2. The molecular formula is C19H21F3N6OS. The first-order chi connectivity index (χ1) is 14.2. The zero-order valence-corrected chi connectivity index (χ0v) is 17.3. The van der Waals surface area contributed by atoms with Crippen LogP contribution < -0.4 is 10.2 Å². The number of carbonyl (C=O) groups excluding carboxylic acids is 1. The van der Waals surface area contributed by atoms with Crippen LogP contribution in [0.3, 0.4) is 0 Å². The van der Waals surface area contributed by atoms with Gasteiger partial charge in [0.25, 0.3) is 0 Å². The van der Waals surface area contributed by atoms with E-state index in [1.54, 1.807) is 12.1 Å². The lowest BCUT2D eigenvalue weighted by Crippen LogP contribution is -2.45. The molecule has 2 heterocycles. The highest BCUT2D eigenvalue weighted by atomic mass is 32.1. The van der Waals surface area contributed by atoms with E-state index in [-0.39, 0.29) is 28.0 Å². The third kappa shape index (κ3) is 3.55. The Hall–Kier alpha value is -2.56. The molecule has 2 unspecified atom stereocenters. The minimum Gasteiger partial charge on any atom is -0.368 e. The third-order valence-electron chi connectivity index (χ3n) is 6.01. The number of benzene rings is 1. The number of azo groups is 1. The summed E-state index contributed by atoms with van der Waals surface area (Å²) >= 11 is 1.02. The number of hydrogen-bond donors (Lipinski definition) is 1. The maximum atomic E-state index is 12.9. The summed E-state index contributed by atoms with van der Waals surface area (Å²) in [5, 5.41) is 10.3. The summed E-state index contributed by atoms with van der Waals surface area (Å²) in [6.45, 7) is 4.96. The fourth-order valence-corrected chi connectivity index (χ4v) is 5.00. The Morgan fingerprint density at radius 1 is 1.37 bits per heavy atom. The first-order valence-corrected chi connectivity index (χ1v) is 10.5. The lowest BCUT2D eigenvalue weighted by molar-refractivity contribution is -0.167. The van der Waals surface area contributed by atoms with Gasteiger partial charge in [-0.05, 0) is 37.5 Å². The molecule has 1 aromatic carbocycles. The maximum absolute atomic E-state index is 12.9. The number of aromatic nitrogens is 2. The standard InChI is InChI=1S/C19H21F3N6OS/c1-3-28-14-9-12(25-16(29)19(20,21)22)13(26-27-17-23-10-24-30-17)8-11(14)18(2)7-5-4-6-15(18)28/h8-10,15H,3-7H2,1-2H3,(H,25,29). The molecule has 1 fully saturated rings. The van der Waals surface area contributed by atoms with Crippen LogP contribution in [0, 0.1) is 0 Å². The number of hydrogen-bond acceptors (Lipinski definition) is 7. The van der Waals surface area contributed by atoms with Gasteiger partial charge in [-0.2, -0.15) is 17.5 Å².